The number of hydrogen-bond donors (Lipinski definition) is 2. The van der Waals surface area contributed by atoms with Gasteiger partial charge in [-0.3, -0.25) is 0 Å². The Morgan fingerprint density at radius 3 is 1.86 bits per heavy atom. The fraction of sp³-hybridized carbons (Fsp3) is 0.0714. The Bertz CT molecular complexity index is 656. The van der Waals surface area contributed by atoms with Gasteiger partial charge in [0.15, 0.2) is 6.61 Å². The fourth-order valence-electron chi connectivity index (χ4n) is 1.27. The molecule has 0 amide bonds. The van der Waals surface area contributed by atoms with E-state index in [4.69, 9.17) is 15.0 Å². The summed E-state index contributed by atoms with van der Waals surface area (Å²) in [6, 6.07) is 16.7. The number of aliphatic carboxylic acids is 1. The molecule has 0 atom stereocenters. The van der Waals surface area contributed by atoms with Gasteiger partial charge < -0.3 is 9.84 Å². The van der Waals surface area contributed by atoms with E-state index in [2.05, 4.69) is 0 Å². The molecular formula is C14H15NO5S. The first kappa shape index (κ1) is 16.7. The molecule has 0 heterocycles. The molecule has 7 heteroatoms. The molecule has 0 saturated heterocycles. The quantitative estimate of drug-likeness (QED) is 0.889. The topological polar surface area (TPSA) is 107 Å². The predicted octanol–water partition coefficient (Wildman–Crippen LogP) is 1.48. The van der Waals surface area contributed by atoms with Gasteiger partial charge in [0.1, 0.15) is 5.75 Å². The second kappa shape index (κ2) is 8.03. The highest BCUT2D eigenvalue weighted by atomic mass is 32.2. The molecule has 0 aromatic heterocycles. The molecule has 0 aliphatic heterocycles. The SMILES string of the molecule is NS(=O)(=O)c1ccccc1.O=C(O)COc1ccccc1. The highest BCUT2D eigenvalue weighted by Crippen LogP contribution is 2.07. The van der Waals surface area contributed by atoms with Crippen molar-refractivity contribution < 1.29 is 23.1 Å². The van der Waals surface area contributed by atoms with E-state index in [0.717, 1.165) is 0 Å². The molecule has 2 aromatic rings. The van der Waals surface area contributed by atoms with Crippen molar-refractivity contribution >= 4 is 16.0 Å². The Hall–Kier alpha value is -2.38. The third-order valence-electron chi connectivity index (χ3n) is 2.18. The Morgan fingerprint density at radius 2 is 1.48 bits per heavy atom. The van der Waals surface area contributed by atoms with Gasteiger partial charge >= 0.3 is 5.97 Å². The summed E-state index contributed by atoms with van der Waals surface area (Å²) in [5.41, 5.74) is 0. The number of sulfonamides is 1. The number of carbonyl (C=O) groups is 1. The maximum atomic E-state index is 10.6. The number of ether oxygens (including phenoxy) is 1. The molecule has 3 N–H and O–H groups in total. The highest BCUT2D eigenvalue weighted by Gasteiger charge is 2.03. The van der Waals surface area contributed by atoms with Gasteiger partial charge in [0.2, 0.25) is 10.0 Å². The van der Waals surface area contributed by atoms with E-state index >= 15 is 0 Å². The largest absolute Gasteiger partial charge is 0.482 e. The lowest BCUT2D eigenvalue weighted by Crippen LogP contribution is -2.11. The lowest BCUT2D eigenvalue weighted by Gasteiger charge is -2.00. The van der Waals surface area contributed by atoms with Crippen molar-refractivity contribution in [2.24, 2.45) is 5.14 Å². The number of benzene rings is 2. The van der Waals surface area contributed by atoms with Crippen LogP contribution in [0.3, 0.4) is 0 Å². The zero-order valence-corrected chi connectivity index (χ0v) is 11.9. The van der Waals surface area contributed by atoms with Gasteiger partial charge in [-0.15, -0.1) is 0 Å². The summed E-state index contributed by atoms with van der Waals surface area (Å²) in [4.78, 5) is 10.2. The first-order chi connectivity index (χ1) is 9.89. The number of primary sulfonamides is 1. The second-order valence-corrected chi connectivity index (χ2v) is 5.41. The van der Waals surface area contributed by atoms with Crippen LogP contribution in [0.2, 0.25) is 0 Å². The van der Waals surface area contributed by atoms with Crippen molar-refractivity contribution in [3.05, 3.63) is 60.7 Å². The molecule has 0 spiro atoms. The molecule has 0 aliphatic carbocycles. The summed E-state index contributed by atoms with van der Waals surface area (Å²) in [7, 11) is -3.50. The lowest BCUT2D eigenvalue weighted by molar-refractivity contribution is -0.139. The molecule has 112 valence electrons. The van der Waals surface area contributed by atoms with Crippen LogP contribution in [0.5, 0.6) is 5.75 Å². The van der Waals surface area contributed by atoms with E-state index in [0.29, 0.717) is 5.75 Å². The zero-order valence-electron chi connectivity index (χ0n) is 11.0. The first-order valence-corrected chi connectivity index (χ1v) is 7.41. The van der Waals surface area contributed by atoms with Gasteiger partial charge in [-0.1, -0.05) is 36.4 Å². The number of carboxylic acid groups (broad SMARTS) is 1. The lowest BCUT2D eigenvalue weighted by atomic mass is 10.3. The van der Waals surface area contributed by atoms with Gasteiger partial charge in [0.05, 0.1) is 4.90 Å². The van der Waals surface area contributed by atoms with Crippen molar-refractivity contribution in [3.63, 3.8) is 0 Å². The van der Waals surface area contributed by atoms with Gasteiger partial charge in [-0.2, -0.15) is 0 Å². The molecule has 2 aromatic carbocycles. The Balaban J connectivity index is 0.000000211. The summed E-state index contributed by atoms with van der Waals surface area (Å²) in [6.45, 7) is -0.288. The maximum Gasteiger partial charge on any atom is 0.341 e. The minimum absolute atomic E-state index is 0.148. The average Bonchev–Trinajstić information content (AvgIpc) is 2.47. The van der Waals surface area contributed by atoms with E-state index in [1.807, 2.05) is 6.07 Å². The van der Waals surface area contributed by atoms with Crippen LogP contribution in [0.25, 0.3) is 0 Å². The van der Waals surface area contributed by atoms with Crippen LogP contribution in [0.4, 0.5) is 0 Å². The number of nitrogens with two attached hydrogens (primary N) is 1. The predicted molar refractivity (Wildman–Crippen MR) is 77.4 cm³/mol. The Labute approximate surface area is 122 Å². The summed E-state index contributed by atoms with van der Waals surface area (Å²) in [5, 5.41) is 13.1. The van der Waals surface area contributed by atoms with Crippen molar-refractivity contribution in [2.45, 2.75) is 4.90 Å². The third-order valence-corrected chi connectivity index (χ3v) is 3.11. The van der Waals surface area contributed by atoms with Crippen LogP contribution in [0.1, 0.15) is 0 Å². The monoisotopic (exact) mass is 309 g/mol. The molecule has 0 bridgehead atoms. The van der Waals surface area contributed by atoms with Crippen LogP contribution in [0, 0.1) is 0 Å². The molecule has 0 radical (unpaired) electrons. The van der Waals surface area contributed by atoms with E-state index in [1.165, 1.54) is 12.1 Å². The van der Waals surface area contributed by atoms with Gasteiger partial charge in [0.25, 0.3) is 0 Å². The van der Waals surface area contributed by atoms with Crippen molar-refractivity contribution in [3.8, 4) is 5.75 Å². The molecule has 0 fully saturated rings. The Kier molecular flexibility index (Phi) is 6.38. The normalized spacial score (nSPS) is 10.1. The maximum absolute atomic E-state index is 10.6. The van der Waals surface area contributed by atoms with Crippen molar-refractivity contribution in [1.29, 1.82) is 0 Å². The minimum Gasteiger partial charge on any atom is -0.482 e. The molecule has 0 aliphatic rings. The third kappa shape index (κ3) is 7.09. The van der Waals surface area contributed by atoms with Gasteiger partial charge in [-0.25, -0.2) is 18.4 Å². The second-order valence-electron chi connectivity index (χ2n) is 3.85. The zero-order chi connectivity index (χ0) is 15.7. The van der Waals surface area contributed by atoms with Crippen molar-refractivity contribution in [2.75, 3.05) is 6.61 Å². The number of para-hydroxylation sites is 1. The number of rotatable bonds is 4. The summed E-state index contributed by atoms with van der Waals surface area (Å²) >= 11 is 0. The molecule has 0 saturated carbocycles. The smallest absolute Gasteiger partial charge is 0.341 e. The fourth-order valence-corrected chi connectivity index (χ4v) is 1.81. The first-order valence-electron chi connectivity index (χ1n) is 5.87. The molecule has 2 rings (SSSR count). The number of carboxylic acids is 1. The van der Waals surface area contributed by atoms with E-state index < -0.39 is 16.0 Å². The van der Waals surface area contributed by atoms with E-state index in [9.17, 15) is 13.2 Å². The molecular weight excluding hydrogens is 294 g/mol. The summed E-state index contributed by atoms with van der Waals surface area (Å²) in [5.74, 6) is -0.385. The van der Waals surface area contributed by atoms with Crippen LogP contribution < -0.4 is 9.88 Å². The standard InChI is InChI=1S/C8H8O3.C6H7NO2S/c9-8(10)6-11-7-4-2-1-3-5-7;7-10(8,9)6-4-2-1-3-5-6/h1-5H,6H2,(H,9,10);1-5H,(H2,7,8,9). The van der Waals surface area contributed by atoms with Crippen molar-refractivity contribution in [1.82, 2.24) is 0 Å². The number of hydrogen-bond acceptors (Lipinski definition) is 4. The molecule has 0 unspecified atom stereocenters. The van der Waals surface area contributed by atoms with Gasteiger partial charge in [-0.05, 0) is 24.3 Å². The Morgan fingerprint density at radius 1 is 1.00 bits per heavy atom. The van der Waals surface area contributed by atoms with E-state index in [-0.39, 0.29) is 11.5 Å². The van der Waals surface area contributed by atoms with E-state index in [1.54, 1.807) is 42.5 Å². The minimum atomic E-state index is -3.50. The summed E-state index contributed by atoms with van der Waals surface area (Å²) < 4.78 is 26.1. The average molecular weight is 309 g/mol. The molecule has 21 heavy (non-hydrogen) atoms. The summed E-state index contributed by atoms with van der Waals surface area (Å²) in [6.07, 6.45) is 0. The molecule has 6 nitrogen and oxygen atoms in total. The van der Waals surface area contributed by atoms with Crippen LogP contribution in [-0.2, 0) is 14.8 Å². The highest BCUT2D eigenvalue weighted by molar-refractivity contribution is 7.89. The van der Waals surface area contributed by atoms with Crippen LogP contribution in [0.15, 0.2) is 65.6 Å². The van der Waals surface area contributed by atoms with Crippen LogP contribution >= 0.6 is 0 Å². The van der Waals surface area contributed by atoms with Crippen LogP contribution in [-0.4, -0.2) is 26.1 Å². The van der Waals surface area contributed by atoms with Gasteiger partial charge in [0, 0.05) is 0 Å².